The molecule has 1 fully saturated rings. The number of benzene rings is 2. The van der Waals surface area contributed by atoms with Crippen LogP contribution in [-0.2, 0) is 10.2 Å². The van der Waals surface area contributed by atoms with Gasteiger partial charge in [0.05, 0.1) is 5.41 Å². The monoisotopic (exact) mass is 367 g/mol. The van der Waals surface area contributed by atoms with Crippen molar-refractivity contribution in [1.29, 1.82) is 0 Å². The number of para-hydroxylation sites is 1. The Balaban J connectivity index is 1.75. The van der Waals surface area contributed by atoms with E-state index in [0.29, 0.717) is 5.02 Å². The normalized spacial score (nSPS) is 16.7. The molecule has 0 spiro atoms. The fourth-order valence-electron chi connectivity index (χ4n) is 3.39. The average molecular weight is 368 g/mol. The summed E-state index contributed by atoms with van der Waals surface area (Å²) in [6.45, 7) is 0. The van der Waals surface area contributed by atoms with Gasteiger partial charge in [-0.3, -0.25) is 4.79 Å². The van der Waals surface area contributed by atoms with Crippen LogP contribution in [0.3, 0.4) is 0 Å². The lowest BCUT2D eigenvalue weighted by molar-refractivity contribution is -0.123. The first-order chi connectivity index (χ1) is 12.6. The van der Waals surface area contributed by atoms with Gasteiger partial charge in [0.1, 0.15) is 5.84 Å². The molecule has 134 valence electrons. The van der Waals surface area contributed by atoms with E-state index in [1.54, 1.807) is 12.3 Å². The van der Waals surface area contributed by atoms with E-state index < -0.39 is 5.41 Å². The van der Waals surface area contributed by atoms with Crippen molar-refractivity contribution in [2.45, 2.75) is 31.1 Å². The van der Waals surface area contributed by atoms with E-state index in [1.807, 2.05) is 54.6 Å². The Labute approximate surface area is 158 Å². The first-order valence-corrected chi connectivity index (χ1v) is 9.11. The Kier molecular flexibility index (Phi) is 5.74. The van der Waals surface area contributed by atoms with E-state index in [1.165, 1.54) is 0 Å². The Morgan fingerprint density at radius 1 is 1.08 bits per heavy atom. The van der Waals surface area contributed by atoms with Gasteiger partial charge in [-0.25, -0.2) is 0 Å². The van der Waals surface area contributed by atoms with Gasteiger partial charge < -0.3 is 11.1 Å². The van der Waals surface area contributed by atoms with Crippen LogP contribution in [0, 0.1) is 0 Å². The highest BCUT2D eigenvalue weighted by Crippen LogP contribution is 2.42. The minimum Gasteiger partial charge on any atom is -0.384 e. The fourth-order valence-corrected chi connectivity index (χ4v) is 3.52. The van der Waals surface area contributed by atoms with Gasteiger partial charge in [-0.1, -0.05) is 54.8 Å². The highest BCUT2D eigenvalue weighted by atomic mass is 35.5. The van der Waals surface area contributed by atoms with Crippen LogP contribution in [0.25, 0.3) is 0 Å². The SMILES string of the molecule is NC(/C=C\Nc1ccccc1)=NC(=O)C1(c2ccc(Cl)cc2)CCCC1. The number of rotatable bonds is 5. The number of nitrogens with two attached hydrogens (primary N) is 1. The second-order valence-corrected chi connectivity index (χ2v) is 6.92. The van der Waals surface area contributed by atoms with Crippen molar-refractivity contribution in [2.75, 3.05) is 5.32 Å². The topological polar surface area (TPSA) is 67.5 Å². The summed E-state index contributed by atoms with van der Waals surface area (Å²) in [5, 5.41) is 3.76. The van der Waals surface area contributed by atoms with Gasteiger partial charge in [-0.05, 0) is 48.7 Å². The minimum absolute atomic E-state index is 0.181. The highest BCUT2D eigenvalue weighted by Gasteiger charge is 2.42. The maximum absolute atomic E-state index is 12.9. The third-order valence-corrected chi connectivity index (χ3v) is 5.02. The van der Waals surface area contributed by atoms with Crippen molar-refractivity contribution in [3.8, 4) is 0 Å². The lowest BCUT2D eigenvalue weighted by Crippen LogP contribution is -2.33. The number of carbonyl (C=O) groups is 1. The van der Waals surface area contributed by atoms with Crippen LogP contribution in [0.5, 0.6) is 0 Å². The Morgan fingerprint density at radius 2 is 1.73 bits per heavy atom. The van der Waals surface area contributed by atoms with E-state index in [2.05, 4.69) is 10.3 Å². The second-order valence-electron chi connectivity index (χ2n) is 6.48. The van der Waals surface area contributed by atoms with Crippen molar-refractivity contribution in [2.24, 2.45) is 10.7 Å². The maximum atomic E-state index is 12.9. The Bertz CT molecular complexity index is 807. The zero-order chi connectivity index (χ0) is 18.4. The molecule has 0 atom stereocenters. The predicted molar refractivity (Wildman–Crippen MR) is 107 cm³/mol. The predicted octanol–water partition coefficient (Wildman–Crippen LogP) is 4.66. The quantitative estimate of drug-likeness (QED) is 0.596. The molecule has 1 aliphatic carbocycles. The molecule has 0 aliphatic heterocycles. The largest absolute Gasteiger partial charge is 0.384 e. The number of nitrogens with zero attached hydrogens (tertiary/aromatic N) is 1. The molecule has 0 saturated heterocycles. The third kappa shape index (κ3) is 4.14. The molecule has 1 amide bonds. The zero-order valence-electron chi connectivity index (χ0n) is 14.5. The third-order valence-electron chi connectivity index (χ3n) is 4.77. The van der Waals surface area contributed by atoms with Crippen molar-refractivity contribution in [1.82, 2.24) is 0 Å². The highest BCUT2D eigenvalue weighted by molar-refractivity contribution is 6.30. The fraction of sp³-hybridized carbons (Fsp3) is 0.238. The standard InChI is InChI=1S/C21H22ClN3O/c22-17-10-8-16(9-11-17)21(13-4-5-14-21)20(26)25-19(23)12-15-24-18-6-2-1-3-7-18/h1-3,6-12,15,24H,4-5,13-14H2,(H2,23,25,26)/b15-12-. The molecule has 4 nitrogen and oxygen atoms in total. The van der Waals surface area contributed by atoms with Gasteiger partial charge in [-0.15, -0.1) is 0 Å². The number of anilines is 1. The zero-order valence-corrected chi connectivity index (χ0v) is 15.2. The van der Waals surface area contributed by atoms with Crippen molar-refractivity contribution in [3.05, 3.63) is 77.5 Å². The first-order valence-electron chi connectivity index (χ1n) is 8.73. The maximum Gasteiger partial charge on any atom is 0.258 e. The molecule has 3 rings (SSSR count). The molecular formula is C21H22ClN3O. The van der Waals surface area contributed by atoms with Crippen LogP contribution in [0.1, 0.15) is 31.2 Å². The van der Waals surface area contributed by atoms with Gasteiger partial charge >= 0.3 is 0 Å². The lowest BCUT2D eigenvalue weighted by Gasteiger charge is -2.25. The van der Waals surface area contributed by atoms with Gasteiger partial charge in [0.15, 0.2) is 0 Å². The number of aliphatic imine (C=N–C) groups is 1. The van der Waals surface area contributed by atoms with Crippen LogP contribution < -0.4 is 11.1 Å². The summed E-state index contributed by atoms with van der Waals surface area (Å²) in [6.07, 6.45) is 6.89. The van der Waals surface area contributed by atoms with Crippen molar-refractivity contribution in [3.63, 3.8) is 0 Å². The van der Waals surface area contributed by atoms with Gasteiger partial charge in [-0.2, -0.15) is 4.99 Å². The molecular weight excluding hydrogens is 346 g/mol. The molecule has 0 heterocycles. The molecule has 0 unspecified atom stereocenters. The Morgan fingerprint density at radius 3 is 2.38 bits per heavy atom. The van der Waals surface area contributed by atoms with Crippen LogP contribution in [0.2, 0.25) is 5.02 Å². The molecule has 1 aliphatic rings. The number of carbonyl (C=O) groups excluding carboxylic acids is 1. The molecule has 0 radical (unpaired) electrons. The number of hydrogen-bond donors (Lipinski definition) is 2. The van der Waals surface area contributed by atoms with Crippen molar-refractivity contribution < 1.29 is 4.79 Å². The average Bonchev–Trinajstić information content (AvgIpc) is 3.14. The number of nitrogens with one attached hydrogen (secondary N) is 1. The van der Waals surface area contributed by atoms with Crippen LogP contribution in [-0.4, -0.2) is 11.7 Å². The van der Waals surface area contributed by atoms with Crippen LogP contribution in [0.4, 0.5) is 5.69 Å². The molecule has 2 aromatic rings. The second kappa shape index (κ2) is 8.19. The van der Waals surface area contributed by atoms with E-state index in [4.69, 9.17) is 17.3 Å². The van der Waals surface area contributed by atoms with Crippen molar-refractivity contribution >= 4 is 29.0 Å². The molecule has 26 heavy (non-hydrogen) atoms. The van der Waals surface area contributed by atoms with E-state index >= 15 is 0 Å². The number of amidine groups is 1. The first kappa shape index (κ1) is 18.2. The summed E-state index contributed by atoms with van der Waals surface area (Å²) in [6, 6.07) is 17.2. The summed E-state index contributed by atoms with van der Waals surface area (Å²) < 4.78 is 0. The molecule has 5 heteroatoms. The van der Waals surface area contributed by atoms with Gasteiger partial charge in [0.25, 0.3) is 5.91 Å². The molecule has 1 saturated carbocycles. The summed E-state index contributed by atoms with van der Waals surface area (Å²) >= 11 is 5.99. The van der Waals surface area contributed by atoms with E-state index in [9.17, 15) is 4.79 Å². The smallest absolute Gasteiger partial charge is 0.258 e. The van der Waals surface area contributed by atoms with E-state index in [0.717, 1.165) is 36.9 Å². The summed E-state index contributed by atoms with van der Waals surface area (Å²) in [7, 11) is 0. The molecule has 0 aromatic heterocycles. The number of halogens is 1. The van der Waals surface area contributed by atoms with Crippen LogP contribution in [0.15, 0.2) is 71.9 Å². The molecule has 2 aromatic carbocycles. The number of amides is 1. The molecule has 0 bridgehead atoms. The Hall–Kier alpha value is -2.59. The number of hydrogen-bond acceptors (Lipinski definition) is 2. The molecule has 3 N–H and O–H groups in total. The summed E-state index contributed by atoms with van der Waals surface area (Å²) in [5.74, 6) is 0.0119. The van der Waals surface area contributed by atoms with Gasteiger partial charge in [0, 0.05) is 16.9 Å². The minimum atomic E-state index is -0.587. The van der Waals surface area contributed by atoms with E-state index in [-0.39, 0.29) is 11.7 Å². The lowest BCUT2D eigenvalue weighted by atomic mass is 9.78. The summed E-state index contributed by atoms with van der Waals surface area (Å²) in [4.78, 5) is 17.1. The summed E-state index contributed by atoms with van der Waals surface area (Å²) in [5.41, 5.74) is 7.27. The van der Waals surface area contributed by atoms with Crippen LogP contribution >= 0.6 is 11.6 Å². The van der Waals surface area contributed by atoms with Gasteiger partial charge in [0.2, 0.25) is 0 Å².